The van der Waals surface area contributed by atoms with Gasteiger partial charge in [-0.15, -0.1) is 0 Å². The third kappa shape index (κ3) is 3.96. The number of aromatic nitrogens is 1. The van der Waals surface area contributed by atoms with Crippen LogP contribution in [0.1, 0.15) is 16.9 Å². The quantitative estimate of drug-likeness (QED) is 0.835. The fourth-order valence-corrected chi connectivity index (χ4v) is 2.20. The lowest BCUT2D eigenvalue weighted by Gasteiger charge is -2.14. The molecule has 1 aromatic rings. The lowest BCUT2D eigenvalue weighted by Crippen LogP contribution is -2.41. The van der Waals surface area contributed by atoms with Crippen LogP contribution in [0.15, 0.2) is 12.3 Å². The molecule has 1 rings (SSSR count). The third-order valence-corrected chi connectivity index (χ3v) is 3.27. The molecule has 0 saturated carbocycles. The van der Waals surface area contributed by atoms with E-state index in [4.69, 9.17) is 16.7 Å². The molecule has 2 N–H and O–H groups in total. The van der Waals surface area contributed by atoms with Gasteiger partial charge in [-0.1, -0.05) is 11.6 Å². The van der Waals surface area contributed by atoms with E-state index in [1.165, 1.54) is 17.8 Å². The number of hydrogen-bond donors (Lipinski definition) is 2. The predicted octanol–water partition coefficient (Wildman–Crippen LogP) is 1.61. The summed E-state index contributed by atoms with van der Waals surface area (Å²) in [6.45, 7) is 0. The molecule has 1 amide bonds. The zero-order chi connectivity index (χ0) is 13.7. The number of rotatable bonds is 6. The standard InChI is InChI=1S/C11H15ClN2O3S/c1-14-6-7(12)5-9(14)10(15)13-8(11(16)17)3-4-18-2/h5-6,8H,3-4H2,1-2H3,(H,13,15)(H,16,17)/t8-/m0/s1. The Morgan fingerprint density at radius 2 is 2.28 bits per heavy atom. The summed E-state index contributed by atoms with van der Waals surface area (Å²) in [4.78, 5) is 22.9. The number of aliphatic carboxylic acids is 1. The van der Waals surface area contributed by atoms with E-state index >= 15 is 0 Å². The smallest absolute Gasteiger partial charge is 0.326 e. The molecule has 0 aromatic carbocycles. The van der Waals surface area contributed by atoms with Gasteiger partial charge in [0.05, 0.1) is 5.02 Å². The highest BCUT2D eigenvalue weighted by atomic mass is 35.5. The van der Waals surface area contributed by atoms with E-state index in [2.05, 4.69) is 5.32 Å². The molecule has 1 aromatic heterocycles. The fourth-order valence-electron chi connectivity index (χ4n) is 1.48. The third-order valence-electron chi connectivity index (χ3n) is 2.42. The molecular weight excluding hydrogens is 276 g/mol. The first-order valence-electron chi connectivity index (χ1n) is 5.30. The van der Waals surface area contributed by atoms with Crippen LogP contribution in [0, 0.1) is 0 Å². The molecule has 1 heterocycles. The molecule has 18 heavy (non-hydrogen) atoms. The number of nitrogens with zero attached hydrogens (tertiary/aromatic N) is 1. The number of amides is 1. The normalized spacial score (nSPS) is 12.2. The summed E-state index contributed by atoms with van der Waals surface area (Å²) in [5.41, 5.74) is 0.343. The van der Waals surface area contributed by atoms with Crippen molar-refractivity contribution in [1.29, 1.82) is 0 Å². The molecular formula is C11H15ClN2O3S. The summed E-state index contributed by atoms with van der Waals surface area (Å²) in [6.07, 6.45) is 3.87. The van der Waals surface area contributed by atoms with E-state index in [1.807, 2.05) is 6.26 Å². The van der Waals surface area contributed by atoms with Crippen LogP contribution in [0.5, 0.6) is 0 Å². The van der Waals surface area contributed by atoms with Gasteiger partial charge in [-0.25, -0.2) is 4.79 Å². The first-order valence-corrected chi connectivity index (χ1v) is 7.07. The van der Waals surface area contributed by atoms with Crippen molar-refractivity contribution in [3.8, 4) is 0 Å². The second-order valence-electron chi connectivity index (χ2n) is 3.80. The van der Waals surface area contributed by atoms with Gasteiger partial charge < -0.3 is 15.0 Å². The molecule has 0 aliphatic carbocycles. The zero-order valence-corrected chi connectivity index (χ0v) is 11.7. The van der Waals surface area contributed by atoms with Gasteiger partial charge in [0.1, 0.15) is 11.7 Å². The van der Waals surface area contributed by atoms with Crippen molar-refractivity contribution in [1.82, 2.24) is 9.88 Å². The van der Waals surface area contributed by atoms with E-state index in [0.717, 1.165) is 0 Å². The van der Waals surface area contributed by atoms with Crippen molar-refractivity contribution in [3.63, 3.8) is 0 Å². The Bertz CT molecular complexity index is 447. The van der Waals surface area contributed by atoms with Gasteiger partial charge in [0, 0.05) is 13.2 Å². The van der Waals surface area contributed by atoms with Crippen molar-refractivity contribution in [3.05, 3.63) is 23.0 Å². The predicted molar refractivity (Wildman–Crippen MR) is 72.3 cm³/mol. The van der Waals surface area contributed by atoms with Crippen molar-refractivity contribution < 1.29 is 14.7 Å². The maximum Gasteiger partial charge on any atom is 0.326 e. The summed E-state index contributed by atoms with van der Waals surface area (Å²) in [7, 11) is 1.68. The maximum atomic E-state index is 11.9. The SMILES string of the molecule is CSCC[C@H](NC(=O)c1cc(Cl)cn1C)C(=O)O. The second kappa shape index (κ2) is 6.70. The second-order valence-corrected chi connectivity index (χ2v) is 5.22. The highest BCUT2D eigenvalue weighted by Gasteiger charge is 2.21. The monoisotopic (exact) mass is 290 g/mol. The highest BCUT2D eigenvalue weighted by molar-refractivity contribution is 7.98. The van der Waals surface area contributed by atoms with Gasteiger partial charge in [-0.2, -0.15) is 11.8 Å². The fraction of sp³-hybridized carbons (Fsp3) is 0.455. The minimum absolute atomic E-state index is 0.343. The molecule has 0 saturated heterocycles. The molecule has 0 aliphatic rings. The van der Waals surface area contributed by atoms with Crippen molar-refractivity contribution in [2.45, 2.75) is 12.5 Å². The molecule has 100 valence electrons. The lowest BCUT2D eigenvalue weighted by atomic mass is 10.2. The molecule has 0 unspecified atom stereocenters. The van der Waals surface area contributed by atoms with Crippen molar-refractivity contribution in [2.75, 3.05) is 12.0 Å². The Morgan fingerprint density at radius 3 is 2.72 bits per heavy atom. The first-order chi connectivity index (χ1) is 8.45. The minimum atomic E-state index is -1.03. The molecule has 1 atom stereocenters. The van der Waals surface area contributed by atoms with Crippen LogP contribution in [0.25, 0.3) is 0 Å². The van der Waals surface area contributed by atoms with Gasteiger partial charge in [-0.3, -0.25) is 4.79 Å². The summed E-state index contributed by atoms with van der Waals surface area (Å²) in [5, 5.41) is 11.9. The van der Waals surface area contributed by atoms with Gasteiger partial charge in [0.15, 0.2) is 0 Å². The van der Waals surface area contributed by atoms with E-state index in [1.54, 1.807) is 17.8 Å². The average Bonchev–Trinajstić information content (AvgIpc) is 2.63. The molecule has 0 aliphatic heterocycles. The number of hydrogen-bond acceptors (Lipinski definition) is 3. The summed E-state index contributed by atoms with van der Waals surface area (Å²) in [5.74, 6) is -0.791. The van der Waals surface area contributed by atoms with Crippen LogP contribution in [0.3, 0.4) is 0 Å². The van der Waals surface area contributed by atoms with Gasteiger partial charge in [0.2, 0.25) is 0 Å². The number of carbonyl (C=O) groups excluding carboxylic acids is 1. The number of thioether (sulfide) groups is 1. The van der Waals surface area contributed by atoms with E-state index in [9.17, 15) is 9.59 Å². The summed E-state index contributed by atoms with van der Waals surface area (Å²) in [6, 6.07) is 0.628. The van der Waals surface area contributed by atoms with Crippen LogP contribution in [0.4, 0.5) is 0 Å². The molecule has 0 radical (unpaired) electrons. The van der Waals surface area contributed by atoms with Crippen LogP contribution < -0.4 is 5.32 Å². The number of aryl methyl sites for hydroxylation is 1. The zero-order valence-electron chi connectivity index (χ0n) is 10.1. The molecule has 0 bridgehead atoms. The Balaban J connectivity index is 2.72. The number of carboxylic acids is 1. The van der Waals surface area contributed by atoms with Crippen LogP contribution in [0.2, 0.25) is 5.02 Å². The Kier molecular flexibility index (Phi) is 5.55. The summed E-state index contributed by atoms with van der Waals surface area (Å²) >= 11 is 7.31. The number of halogens is 1. The Hall–Kier alpha value is -1.14. The van der Waals surface area contributed by atoms with Crippen LogP contribution in [-0.4, -0.2) is 39.6 Å². The minimum Gasteiger partial charge on any atom is -0.480 e. The molecule has 0 spiro atoms. The van der Waals surface area contributed by atoms with E-state index in [0.29, 0.717) is 22.9 Å². The Labute approximate surface area is 114 Å². The highest BCUT2D eigenvalue weighted by Crippen LogP contribution is 2.13. The molecule has 7 heteroatoms. The average molecular weight is 291 g/mol. The van der Waals surface area contributed by atoms with E-state index in [-0.39, 0.29) is 0 Å². The molecule has 5 nitrogen and oxygen atoms in total. The number of nitrogens with one attached hydrogen (secondary N) is 1. The van der Waals surface area contributed by atoms with Crippen molar-refractivity contribution >= 4 is 35.2 Å². The summed E-state index contributed by atoms with van der Waals surface area (Å²) < 4.78 is 1.56. The van der Waals surface area contributed by atoms with Crippen molar-refractivity contribution in [2.24, 2.45) is 7.05 Å². The number of carboxylic acid groups (broad SMARTS) is 1. The van der Waals surface area contributed by atoms with Crippen LogP contribution in [-0.2, 0) is 11.8 Å². The Morgan fingerprint density at radius 1 is 1.61 bits per heavy atom. The first kappa shape index (κ1) is 14.9. The maximum absolute atomic E-state index is 11.9. The lowest BCUT2D eigenvalue weighted by molar-refractivity contribution is -0.139. The largest absolute Gasteiger partial charge is 0.480 e. The number of carbonyl (C=O) groups is 2. The van der Waals surface area contributed by atoms with Gasteiger partial charge in [0.25, 0.3) is 5.91 Å². The topological polar surface area (TPSA) is 71.3 Å². The van der Waals surface area contributed by atoms with Gasteiger partial charge >= 0.3 is 5.97 Å². The molecule has 0 fully saturated rings. The van der Waals surface area contributed by atoms with Crippen LogP contribution >= 0.6 is 23.4 Å². The van der Waals surface area contributed by atoms with Gasteiger partial charge in [-0.05, 0) is 24.5 Å². The van der Waals surface area contributed by atoms with E-state index < -0.39 is 17.9 Å².